The zero-order valence-electron chi connectivity index (χ0n) is 9.02. The van der Waals surface area contributed by atoms with Gasteiger partial charge in [0.1, 0.15) is 5.72 Å². The summed E-state index contributed by atoms with van der Waals surface area (Å²) < 4.78 is 5.96. The van der Waals surface area contributed by atoms with Crippen LogP contribution in [0.4, 0.5) is 0 Å². The molecule has 13 heavy (non-hydrogen) atoms. The first-order valence-electron chi connectivity index (χ1n) is 5.45. The lowest BCUT2D eigenvalue weighted by molar-refractivity contribution is -0.0516. The van der Waals surface area contributed by atoms with Gasteiger partial charge in [-0.05, 0) is 39.0 Å². The van der Waals surface area contributed by atoms with E-state index in [9.17, 15) is 0 Å². The summed E-state index contributed by atoms with van der Waals surface area (Å²) >= 11 is 0. The lowest BCUT2D eigenvalue weighted by Gasteiger charge is -2.37. The van der Waals surface area contributed by atoms with Gasteiger partial charge in [0.25, 0.3) is 0 Å². The van der Waals surface area contributed by atoms with Crippen molar-refractivity contribution >= 4 is 0 Å². The van der Waals surface area contributed by atoms with Gasteiger partial charge < -0.3 is 4.74 Å². The second kappa shape index (κ2) is 2.96. The Bertz CT molecular complexity index is 202. The molecule has 0 aromatic rings. The van der Waals surface area contributed by atoms with Crippen LogP contribution in [0, 0.1) is 5.92 Å². The summed E-state index contributed by atoms with van der Waals surface area (Å²) in [6.07, 6.45) is 5.06. The fourth-order valence-corrected chi connectivity index (χ4v) is 2.76. The molecule has 1 saturated carbocycles. The van der Waals surface area contributed by atoms with E-state index in [2.05, 4.69) is 26.1 Å². The average molecular weight is 183 g/mol. The summed E-state index contributed by atoms with van der Waals surface area (Å²) in [5, 5.41) is 3.65. The van der Waals surface area contributed by atoms with Gasteiger partial charge in [-0.1, -0.05) is 13.3 Å². The van der Waals surface area contributed by atoms with Crippen molar-refractivity contribution < 1.29 is 4.74 Å². The third-order valence-corrected chi connectivity index (χ3v) is 3.23. The smallest absolute Gasteiger partial charge is 0.120 e. The SMILES string of the molecule is C[C@H]1CCC[C@]2(C1)NC(C)(C)CO2. The molecule has 1 N–H and O–H groups in total. The minimum Gasteiger partial charge on any atom is -0.359 e. The quantitative estimate of drug-likeness (QED) is 0.622. The Morgan fingerprint density at radius 1 is 1.38 bits per heavy atom. The number of hydrogen-bond acceptors (Lipinski definition) is 2. The van der Waals surface area contributed by atoms with E-state index < -0.39 is 0 Å². The highest BCUT2D eigenvalue weighted by molar-refractivity contribution is 4.97. The van der Waals surface area contributed by atoms with Crippen molar-refractivity contribution in [2.24, 2.45) is 5.92 Å². The van der Waals surface area contributed by atoms with Gasteiger partial charge in [-0.3, -0.25) is 5.32 Å². The molecule has 0 unspecified atom stereocenters. The first-order chi connectivity index (χ1) is 6.02. The van der Waals surface area contributed by atoms with Crippen LogP contribution in [0.25, 0.3) is 0 Å². The van der Waals surface area contributed by atoms with E-state index in [1.54, 1.807) is 0 Å². The Morgan fingerprint density at radius 2 is 2.15 bits per heavy atom. The predicted molar refractivity (Wildman–Crippen MR) is 53.5 cm³/mol. The van der Waals surface area contributed by atoms with E-state index in [0.717, 1.165) is 12.5 Å². The molecule has 0 aromatic carbocycles. The fraction of sp³-hybridized carbons (Fsp3) is 1.00. The average Bonchev–Trinajstić information content (AvgIpc) is 2.26. The minimum absolute atomic E-state index is 0.0289. The molecule has 0 radical (unpaired) electrons. The summed E-state index contributed by atoms with van der Waals surface area (Å²) in [5.74, 6) is 0.815. The standard InChI is InChI=1S/C11H21NO/c1-9-5-4-6-11(7-9)12-10(2,3)8-13-11/h9,12H,4-8H2,1-3H3/t9-,11-/m0/s1. The van der Waals surface area contributed by atoms with Crippen LogP contribution >= 0.6 is 0 Å². The molecule has 0 amide bonds. The molecule has 2 fully saturated rings. The molecular weight excluding hydrogens is 162 g/mol. The van der Waals surface area contributed by atoms with Crippen LogP contribution in [0.1, 0.15) is 46.5 Å². The van der Waals surface area contributed by atoms with Gasteiger partial charge in [0.05, 0.1) is 6.61 Å². The monoisotopic (exact) mass is 183 g/mol. The van der Waals surface area contributed by atoms with Gasteiger partial charge in [0.2, 0.25) is 0 Å². The molecule has 1 saturated heterocycles. The van der Waals surface area contributed by atoms with E-state index in [4.69, 9.17) is 4.74 Å². The second-order valence-corrected chi connectivity index (χ2v) is 5.49. The van der Waals surface area contributed by atoms with Crippen molar-refractivity contribution in [1.29, 1.82) is 0 Å². The van der Waals surface area contributed by atoms with Crippen molar-refractivity contribution in [1.82, 2.24) is 5.32 Å². The molecule has 2 aliphatic rings. The minimum atomic E-state index is 0.0289. The molecule has 1 aliphatic carbocycles. The van der Waals surface area contributed by atoms with Crippen LogP contribution in [0.2, 0.25) is 0 Å². The van der Waals surface area contributed by atoms with E-state index in [-0.39, 0.29) is 11.3 Å². The van der Waals surface area contributed by atoms with Gasteiger partial charge in [-0.2, -0.15) is 0 Å². The predicted octanol–water partition coefficient (Wildman–Crippen LogP) is 2.29. The Balaban J connectivity index is 2.05. The summed E-state index contributed by atoms with van der Waals surface area (Å²) in [7, 11) is 0. The first kappa shape index (κ1) is 9.47. The molecule has 2 atom stereocenters. The normalized spacial score (nSPS) is 44.1. The first-order valence-corrected chi connectivity index (χ1v) is 5.45. The summed E-state index contributed by atoms with van der Waals surface area (Å²) in [6.45, 7) is 7.64. The van der Waals surface area contributed by atoms with Gasteiger partial charge in [0, 0.05) is 5.54 Å². The Hall–Kier alpha value is -0.0800. The molecule has 1 aliphatic heterocycles. The lowest BCUT2D eigenvalue weighted by Crippen LogP contribution is -2.50. The molecule has 0 bridgehead atoms. The van der Waals surface area contributed by atoms with Gasteiger partial charge >= 0.3 is 0 Å². The highest BCUT2D eigenvalue weighted by Crippen LogP contribution is 2.38. The van der Waals surface area contributed by atoms with E-state index in [1.807, 2.05) is 0 Å². The van der Waals surface area contributed by atoms with Crippen molar-refractivity contribution in [2.45, 2.75) is 57.7 Å². The molecule has 0 aromatic heterocycles. The van der Waals surface area contributed by atoms with Gasteiger partial charge in [-0.25, -0.2) is 0 Å². The third-order valence-electron chi connectivity index (χ3n) is 3.23. The van der Waals surface area contributed by atoms with E-state index >= 15 is 0 Å². The summed E-state index contributed by atoms with van der Waals surface area (Å²) in [5.41, 5.74) is 0.207. The maximum atomic E-state index is 5.96. The van der Waals surface area contributed by atoms with Crippen molar-refractivity contribution in [2.75, 3.05) is 6.61 Å². The highest BCUT2D eigenvalue weighted by Gasteiger charge is 2.45. The topological polar surface area (TPSA) is 21.3 Å². The van der Waals surface area contributed by atoms with Crippen LogP contribution in [0.5, 0.6) is 0 Å². The fourth-order valence-electron chi connectivity index (χ4n) is 2.76. The Labute approximate surface area is 81.0 Å². The van der Waals surface area contributed by atoms with Crippen molar-refractivity contribution in [3.63, 3.8) is 0 Å². The molecule has 76 valence electrons. The number of rotatable bonds is 0. The highest BCUT2D eigenvalue weighted by atomic mass is 16.5. The maximum absolute atomic E-state index is 5.96. The van der Waals surface area contributed by atoms with Crippen LogP contribution in [-0.4, -0.2) is 17.9 Å². The summed E-state index contributed by atoms with van der Waals surface area (Å²) in [4.78, 5) is 0. The third kappa shape index (κ3) is 1.89. The maximum Gasteiger partial charge on any atom is 0.120 e. The number of ether oxygens (including phenoxy) is 1. The molecule has 2 nitrogen and oxygen atoms in total. The molecule has 2 heteroatoms. The van der Waals surface area contributed by atoms with Gasteiger partial charge in [0.15, 0.2) is 0 Å². The molecule has 1 spiro atoms. The van der Waals surface area contributed by atoms with Crippen LogP contribution in [-0.2, 0) is 4.74 Å². The number of hydrogen-bond donors (Lipinski definition) is 1. The zero-order valence-corrected chi connectivity index (χ0v) is 9.02. The Kier molecular flexibility index (Phi) is 2.16. The van der Waals surface area contributed by atoms with E-state index in [1.165, 1.54) is 25.7 Å². The van der Waals surface area contributed by atoms with E-state index in [0.29, 0.717) is 0 Å². The summed E-state index contributed by atoms with van der Waals surface area (Å²) in [6, 6.07) is 0. The largest absolute Gasteiger partial charge is 0.359 e. The number of nitrogens with one attached hydrogen (secondary N) is 1. The zero-order chi connectivity index (χ0) is 9.53. The van der Waals surface area contributed by atoms with Crippen LogP contribution in [0.15, 0.2) is 0 Å². The van der Waals surface area contributed by atoms with Crippen molar-refractivity contribution in [3.8, 4) is 0 Å². The lowest BCUT2D eigenvalue weighted by atomic mass is 9.84. The molecular formula is C11H21NO. The molecule has 1 heterocycles. The second-order valence-electron chi connectivity index (χ2n) is 5.49. The Morgan fingerprint density at radius 3 is 2.69 bits per heavy atom. The van der Waals surface area contributed by atoms with Gasteiger partial charge in [-0.15, -0.1) is 0 Å². The van der Waals surface area contributed by atoms with Crippen molar-refractivity contribution in [3.05, 3.63) is 0 Å². The van der Waals surface area contributed by atoms with Crippen LogP contribution < -0.4 is 5.32 Å². The molecule has 2 rings (SSSR count). The van der Waals surface area contributed by atoms with Crippen LogP contribution in [0.3, 0.4) is 0 Å².